The second-order valence-electron chi connectivity index (χ2n) is 8.83. The van der Waals surface area contributed by atoms with Crippen molar-refractivity contribution in [3.8, 4) is 0 Å². The van der Waals surface area contributed by atoms with E-state index in [0.29, 0.717) is 0 Å². The highest BCUT2D eigenvalue weighted by Crippen LogP contribution is 2.40. The minimum atomic E-state index is -3.79. The first-order valence-corrected chi connectivity index (χ1v) is 13.3. The third-order valence-electron chi connectivity index (χ3n) is 5.02. The smallest absolute Gasteiger partial charge is 0.338 e. The van der Waals surface area contributed by atoms with Crippen LogP contribution in [0.15, 0.2) is 0 Å². The van der Waals surface area contributed by atoms with E-state index in [4.69, 9.17) is 22.8 Å². The normalized spacial score (nSPS) is 30.2. The van der Waals surface area contributed by atoms with Crippen LogP contribution in [-0.2, 0) is 37.7 Å². The molecule has 10 heteroatoms. The highest BCUT2D eigenvalue weighted by atomic mass is 32.2. The molecule has 152 valence electrons. The predicted octanol–water partition coefficient (Wildman–Crippen LogP) is 1.80. The summed E-state index contributed by atoms with van der Waals surface area (Å²) in [6.45, 7) is 13.7. The van der Waals surface area contributed by atoms with Gasteiger partial charge < -0.3 is 18.6 Å². The van der Waals surface area contributed by atoms with Crippen molar-refractivity contribution < 1.29 is 36.0 Å². The standard InChI is InChI=1S/C16H30O8SSi/c1-15(2,3)26(7,8)20-9-10(24-25(6,18)19)11-12-13(14(17)21-11)23-16(4,5)22-12/h10-13H,9H2,1-8H3. The molecule has 2 fully saturated rings. The van der Waals surface area contributed by atoms with Crippen molar-refractivity contribution in [3.63, 3.8) is 0 Å². The molecule has 4 unspecified atom stereocenters. The van der Waals surface area contributed by atoms with Crippen molar-refractivity contribution in [1.29, 1.82) is 0 Å². The SMILES string of the molecule is CC1(C)OC2C(=O)OC(C(CO[Si](C)(C)C(C)(C)C)OS(C)(=O)=O)C2O1. The summed E-state index contributed by atoms with van der Waals surface area (Å²) in [5, 5.41) is -0.0630. The van der Waals surface area contributed by atoms with Gasteiger partial charge in [-0.15, -0.1) is 0 Å². The maximum absolute atomic E-state index is 12.1. The first-order chi connectivity index (χ1) is 11.5. The maximum atomic E-state index is 12.1. The largest absolute Gasteiger partial charge is 0.455 e. The van der Waals surface area contributed by atoms with Crippen LogP contribution in [0.25, 0.3) is 0 Å². The van der Waals surface area contributed by atoms with Crippen LogP contribution in [0.3, 0.4) is 0 Å². The van der Waals surface area contributed by atoms with Gasteiger partial charge in [0.25, 0.3) is 10.1 Å². The van der Waals surface area contributed by atoms with Crippen molar-refractivity contribution in [2.24, 2.45) is 0 Å². The van der Waals surface area contributed by atoms with E-state index < -0.39 is 54.6 Å². The number of carbonyl (C=O) groups excluding carboxylic acids is 1. The zero-order valence-electron chi connectivity index (χ0n) is 16.7. The molecule has 8 nitrogen and oxygen atoms in total. The third kappa shape index (κ3) is 4.85. The van der Waals surface area contributed by atoms with Crippen molar-refractivity contribution in [3.05, 3.63) is 0 Å². The molecule has 0 amide bonds. The molecule has 0 aromatic rings. The Morgan fingerprint density at radius 2 is 1.81 bits per heavy atom. The minimum Gasteiger partial charge on any atom is -0.455 e. The lowest BCUT2D eigenvalue weighted by atomic mass is 10.1. The average molecular weight is 411 g/mol. The molecule has 0 aromatic carbocycles. The van der Waals surface area contributed by atoms with Gasteiger partial charge in [-0.1, -0.05) is 20.8 Å². The number of carbonyl (C=O) groups is 1. The topological polar surface area (TPSA) is 97.4 Å². The number of rotatable bonds is 6. The van der Waals surface area contributed by atoms with E-state index in [2.05, 4.69) is 20.8 Å². The van der Waals surface area contributed by atoms with E-state index in [-0.39, 0.29) is 11.6 Å². The molecular formula is C16H30O8SSi. The molecule has 2 saturated heterocycles. The fraction of sp³-hybridized carbons (Fsp3) is 0.938. The van der Waals surface area contributed by atoms with Gasteiger partial charge in [0, 0.05) is 0 Å². The van der Waals surface area contributed by atoms with Gasteiger partial charge in [0.1, 0.15) is 12.2 Å². The lowest BCUT2D eigenvalue weighted by Crippen LogP contribution is -2.48. The summed E-state index contributed by atoms with van der Waals surface area (Å²) in [6, 6.07) is 0. The van der Waals surface area contributed by atoms with Crippen molar-refractivity contribution in [2.45, 2.75) is 83.0 Å². The van der Waals surface area contributed by atoms with E-state index in [1.807, 2.05) is 13.1 Å². The summed E-state index contributed by atoms with van der Waals surface area (Å²) in [5.74, 6) is -1.54. The second kappa shape index (κ2) is 6.82. The van der Waals surface area contributed by atoms with Gasteiger partial charge in [-0.25, -0.2) is 4.79 Å². The number of esters is 1. The van der Waals surface area contributed by atoms with Crippen molar-refractivity contribution >= 4 is 24.4 Å². The summed E-state index contributed by atoms with van der Waals surface area (Å²) < 4.78 is 51.5. The van der Waals surface area contributed by atoms with Crippen LogP contribution in [0.2, 0.25) is 18.1 Å². The van der Waals surface area contributed by atoms with Gasteiger partial charge in [0.05, 0.1) is 12.9 Å². The van der Waals surface area contributed by atoms with Crippen LogP contribution >= 0.6 is 0 Å². The number of hydrogen-bond acceptors (Lipinski definition) is 8. The number of cyclic esters (lactones) is 1. The number of hydrogen-bond donors (Lipinski definition) is 0. The Morgan fingerprint density at radius 3 is 2.31 bits per heavy atom. The molecule has 2 aliphatic rings. The Morgan fingerprint density at radius 1 is 1.23 bits per heavy atom. The van der Waals surface area contributed by atoms with E-state index in [9.17, 15) is 13.2 Å². The Kier molecular flexibility index (Phi) is 5.71. The highest BCUT2D eigenvalue weighted by molar-refractivity contribution is 7.86. The molecule has 2 heterocycles. The minimum absolute atomic E-state index is 0.0193. The van der Waals surface area contributed by atoms with Gasteiger partial charge in [0.2, 0.25) is 0 Å². The lowest BCUT2D eigenvalue weighted by molar-refractivity contribution is -0.193. The van der Waals surface area contributed by atoms with Crippen LogP contribution in [0.5, 0.6) is 0 Å². The molecule has 0 N–H and O–H groups in total. The lowest BCUT2D eigenvalue weighted by Gasteiger charge is -2.37. The van der Waals surface area contributed by atoms with Crippen LogP contribution in [0.1, 0.15) is 34.6 Å². The number of fused-ring (bicyclic) bond motifs is 1. The van der Waals surface area contributed by atoms with Crippen LogP contribution < -0.4 is 0 Å². The van der Waals surface area contributed by atoms with Crippen LogP contribution in [0, 0.1) is 0 Å². The van der Waals surface area contributed by atoms with Crippen molar-refractivity contribution in [1.82, 2.24) is 0 Å². The molecule has 0 saturated carbocycles. The molecule has 0 spiro atoms. The van der Waals surface area contributed by atoms with Gasteiger partial charge in [-0.3, -0.25) is 4.18 Å². The molecule has 0 radical (unpaired) electrons. The quantitative estimate of drug-likeness (QED) is 0.371. The van der Waals surface area contributed by atoms with Gasteiger partial charge in [0.15, 0.2) is 26.3 Å². The van der Waals surface area contributed by atoms with E-state index >= 15 is 0 Å². The van der Waals surface area contributed by atoms with E-state index in [1.165, 1.54) is 0 Å². The van der Waals surface area contributed by atoms with E-state index in [0.717, 1.165) is 6.26 Å². The summed E-state index contributed by atoms with van der Waals surface area (Å²) in [5.41, 5.74) is 0. The van der Waals surface area contributed by atoms with E-state index in [1.54, 1.807) is 13.8 Å². The third-order valence-corrected chi connectivity index (χ3v) is 10.1. The molecule has 2 rings (SSSR count). The Hall–Kier alpha value is -0.523. The molecule has 2 aliphatic heterocycles. The Balaban J connectivity index is 2.21. The fourth-order valence-corrected chi connectivity index (χ4v) is 4.30. The first kappa shape index (κ1) is 21.8. The molecule has 26 heavy (non-hydrogen) atoms. The second-order valence-corrected chi connectivity index (χ2v) is 15.2. The monoisotopic (exact) mass is 410 g/mol. The summed E-state index contributed by atoms with van der Waals surface area (Å²) in [7, 11) is -5.95. The molecule has 0 aliphatic carbocycles. The Labute approximate surface area is 156 Å². The average Bonchev–Trinajstić information content (AvgIpc) is 2.87. The molecule has 4 atom stereocenters. The van der Waals surface area contributed by atoms with Crippen LogP contribution in [-0.4, -0.2) is 65.8 Å². The first-order valence-electron chi connectivity index (χ1n) is 8.61. The molecule has 0 bridgehead atoms. The maximum Gasteiger partial charge on any atom is 0.338 e. The summed E-state index contributed by atoms with van der Waals surface area (Å²) in [6.07, 6.45) is -2.61. The zero-order chi connectivity index (χ0) is 20.1. The van der Waals surface area contributed by atoms with Crippen LogP contribution in [0.4, 0.5) is 0 Å². The molecular weight excluding hydrogens is 380 g/mol. The summed E-state index contributed by atoms with van der Waals surface area (Å²) >= 11 is 0. The van der Waals surface area contributed by atoms with Gasteiger partial charge in [-0.2, -0.15) is 8.42 Å². The Bertz CT molecular complexity index is 652. The molecule has 0 aromatic heterocycles. The van der Waals surface area contributed by atoms with Crippen molar-refractivity contribution in [2.75, 3.05) is 12.9 Å². The highest BCUT2D eigenvalue weighted by Gasteiger charge is 2.59. The van der Waals surface area contributed by atoms with Gasteiger partial charge in [-0.05, 0) is 32.0 Å². The predicted molar refractivity (Wildman–Crippen MR) is 96.6 cm³/mol. The number of ether oxygens (including phenoxy) is 3. The summed E-state index contributed by atoms with van der Waals surface area (Å²) in [4.78, 5) is 12.1. The fourth-order valence-electron chi connectivity index (χ4n) is 2.68. The zero-order valence-corrected chi connectivity index (χ0v) is 18.5. The van der Waals surface area contributed by atoms with Gasteiger partial charge >= 0.3 is 5.97 Å².